The summed E-state index contributed by atoms with van der Waals surface area (Å²) in [4.78, 5) is 46.0. The van der Waals surface area contributed by atoms with Crippen LogP contribution in [0.4, 0.5) is 11.5 Å². The molecule has 1 fully saturated rings. The summed E-state index contributed by atoms with van der Waals surface area (Å²) in [7, 11) is 1.53. The number of halogens is 1. The van der Waals surface area contributed by atoms with Gasteiger partial charge in [0, 0.05) is 30.1 Å². The van der Waals surface area contributed by atoms with Gasteiger partial charge in [0.25, 0.3) is 0 Å². The number of benzene rings is 2. The van der Waals surface area contributed by atoms with Gasteiger partial charge in [-0.2, -0.15) is 0 Å². The summed E-state index contributed by atoms with van der Waals surface area (Å²) < 4.78 is 5.60. The lowest BCUT2D eigenvalue weighted by molar-refractivity contribution is -0.127. The molecule has 1 aliphatic rings. The molecule has 4 rings (SSSR count). The van der Waals surface area contributed by atoms with Crippen LogP contribution in [0.25, 0.3) is 0 Å². The molecule has 9 heteroatoms. The zero-order valence-corrected chi connectivity index (χ0v) is 23.4. The first-order chi connectivity index (χ1) is 19.5. The summed E-state index contributed by atoms with van der Waals surface area (Å²) in [6.07, 6.45) is 7.17. The second kappa shape index (κ2) is 14.5. The highest BCUT2D eigenvalue weighted by atomic mass is 35.5. The normalized spacial score (nSPS) is 14.2. The van der Waals surface area contributed by atoms with Gasteiger partial charge in [-0.15, -0.1) is 0 Å². The molecular formula is C31H35ClN4O4. The van der Waals surface area contributed by atoms with Gasteiger partial charge in [-0.25, -0.2) is 4.98 Å². The highest BCUT2D eigenvalue weighted by molar-refractivity contribution is 6.30. The Morgan fingerprint density at radius 1 is 0.975 bits per heavy atom. The topological polar surface area (TPSA) is 101 Å². The minimum Gasteiger partial charge on any atom is -0.495 e. The second-order valence-corrected chi connectivity index (χ2v) is 10.3. The van der Waals surface area contributed by atoms with E-state index in [0.717, 1.165) is 32.1 Å². The van der Waals surface area contributed by atoms with Crippen molar-refractivity contribution in [1.82, 2.24) is 10.3 Å². The molecular weight excluding hydrogens is 528 g/mol. The van der Waals surface area contributed by atoms with Gasteiger partial charge in [0.05, 0.1) is 12.8 Å². The van der Waals surface area contributed by atoms with E-state index >= 15 is 0 Å². The molecule has 1 saturated carbocycles. The van der Waals surface area contributed by atoms with Gasteiger partial charge in [-0.3, -0.25) is 19.3 Å². The number of ether oxygens (including phenoxy) is 1. The Hall–Kier alpha value is -3.91. The van der Waals surface area contributed by atoms with E-state index in [1.807, 2.05) is 6.07 Å². The Bertz CT molecular complexity index is 1280. The number of aromatic nitrogens is 1. The summed E-state index contributed by atoms with van der Waals surface area (Å²) in [5.74, 6) is 0.125. The summed E-state index contributed by atoms with van der Waals surface area (Å²) in [5, 5.41) is 6.47. The van der Waals surface area contributed by atoms with Crippen LogP contribution < -0.4 is 20.3 Å². The van der Waals surface area contributed by atoms with Crippen molar-refractivity contribution < 1.29 is 19.1 Å². The molecule has 3 aromatic rings. The van der Waals surface area contributed by atoms with Crippen LogP contribution in [0, 0.1) is 0 Å². The molecule has 0 spiro atoms. The molecule has 0 aliphatic heterocycles. The van der Waals surface area contributed by atoms with Gasteiger partial charge < -0.3 is 15.4 Å². The lowest BCUT2D eigenvalue weighted by atomic mass is 9.94. The smallest absolute Gasteiger partial charge is 0.248 e. The molecule has 3 amide bonds. The maximum atomic E-state index is 14.0. The fourth-order valence-corrected chi connectivity index (χ4v) is 5.12. The van der Waals surface area contributed by atoms with Crippen molar-refractivity contribution in [2.24, 2.45) is 0 Å². The number of anilines is 2. The number of hydrogen-bond donors (Lipinski definition) is 2. The molecule has 2 N–H and O–H groups in total. The van der Waals surface area contributed by atoms with Crippen molar-refractivity contribution >= 4 is 40.8 Å². The predicted molar refractivity (Wildman–Crippen MR) is 156 cm³/mol. The molecule has 8 nitrogen and oxygen atoms in total. The van der Waals surface area contributed by atoms with E-state index in [2.05, 4.69) is 15.6 Å². The molecule has 210 valence electrons. The van der Waals surface area contributed by atoms with Gasteiger partial charge in [0.15, 0.2) is 0 Å². The molecule has 0 unspecified atom stereocenters. The SMILES string of the molecule is COc1ccccc1N(C(=O)CCCC(=O)Nc1ccccn1)[C@H](C(=O)NC1CCCCC1)c1ccc(Cl)cc1. The Morgan fingerprint density at radius 3 is 2.40 bits per heavy atom. The number of nitrogens with zero attached hydrogens (tertiary/aromatic N) is 2. The van der Waals surface area contributed by atoms with Crippen LogP contribution in [0.5, 0.6) is 5.75 Å². The minimum absolute atomic E-state index is 0.0501. The van der Waals surface area contributed by atoms with Gasteiger partial charge in [-0.1, -0.05) is 61.2 Å². The second-order valence-electron chi connectivity index (χ2n) is 9.85. The van der Waals surface area contributed by atoms with Crippen molar-refractivity contribution in [3.8, 4) is 5.75 Å². The van der Waals surface area contributed by atoms with E-state index in [4.69, 9.17) is 16.3 Å². The Morgan fingerprint density at radius 2 is 1.70 bits per heavy atom. The standard InChI is InChI=1S/C31H35ClN4O4/c1-40-26-13-6-5-12-25(26)36(29(38)16-9-15-28(37)35-27-14-7-8-21-33-27)30(22-17-19-23(32)20-18-22)31(39)34-24-10-3-2-4-11-24/h5-8,12-14,17-21,24,30H,2-4,9-11,15-16H2,1H3,(H,34,39)(H,33,35,37)/t30-/m0/s1. The van der Waals surface area contributed by atoms with Crippen molar-refractivity contribution in [3.63, 3.8) is 0 Å². The Kier molecular flexibility index (Phi) is 10.5. The van der Waals surface area contributed by atoms with Crippen LogP contribution in [0.2, 0.25) is 5.02 Å². The first-order valence-electron chi connectivity index (χ1n) is 13.7. The van der Waals surface area contributed by atoms with Gasteiger partial charge >= 0.3 is 0 Å². The van der Waals surface area contributed by atoms with Crippen LogP contribution in [0.3, 0.4) is 0 Å². The first kappa shape index (κ1) is 29.1. The molecule has 1 aliphatic carbocycles. The average Bonchev–Trinajstić information content (AvgIpc) is 2.97. The van der Waals surface area contributed by atoms with Crippen LogP contribution in [0.1, 0.15) is 63.0 Å². The van der Waals surface area contributed by atoms with Gasteiger partial charge in [0.1, 0.15) is 17.6 Å². The van der Waals surface area contributed by atoms with E-state index in [-0.39, 0.29) is 36.6 Å². The van der Waals surface area contributed by atoms with Crippen LogP contribution in [0.15, 0.2) is 72.9 Å². The van der Waals surface area contributed by atoms with E-state index in [9.17, 15) is 14.4 Å². The van der Waals surface area contributed by atoms with E-state index in [1.54, 1.807) is 66.9 Å². The van der Waals surface area contributed by atoms with Crippen molar-refractivity contribution in [3.05, 3.63) is 83.5 Å². The molecule has 0 saturated heterocycles. The number of pyridine rings is 1. The monoisotopic (exact) mass is 562 g/mol. The summed E-state index contributed by atoms with van der Waals surface area (Å²) in [6, 6.07) is 18.5. The van der Waals surface area contributed by atoms with Crippen molar-refractivity contribution in [2.45, 2.75) is 63.5 Å². The maximum Gasteiger partial charge on any atom is 0.248 e. The first-order valence-corrected chi connectivity index (χ1v) is 14.1. The number of para-hydroxylation sites is 2. The molecule has 2 aromatic carbocycles. The third kappa shape index (κ3) is 7.82. The quantitative estimate of drug-likeness (QED) is 0.295. The lowest BCUT2D eigenvalue weighted by Gasteiger charge is -2.34. The highest BCUT2D eigenvalue weighted by Gasteiger charge is 2.35. The summed E-state index contributed by atoms with van der Waals surface area (Å²) >= 11 is 6.17. The Balaban J connectivity index is 1.60. The minimum atomic E-state index is -0.953. The van der Waals surface area contributed by atoms with E-state index < -0.39 is 6.04 Å². The van der Waals surface area contributed by atoms with Crippen LogP contribution >= 0.6 is 11.6 Å². The number of carbonyl (C=O) groups excluding carboxylic acids is 3. The van der Waals surface area contributed by atoms with Crippen LogP contribution in [-0.4, -0.2) is 35.9 Å². The largest absolute Gasteiger partial charge is 0.495 e. The zero-order chi connectivity index (χ0) is 28.3. The fourth-order valence-electron chi connectivity index (χ4n) is 5.00. The lowest BCUT2D eigenvalue weighted by Crippen LogP contribution is -2.47. The molecule has 40 heavy (non-hydrogen) atoms. The van der Waals surface area contributed by atoms with Crippen molar-refractivity contribution in [2.75, 3.05) is 17.3 Å². The summed E-state index contributed by atoms with van der Waals surface area (Å²) in [5.41, 5.74) is 1.11. The Labute approximate surface area is 240 Å². The van der Waals surface area contributed by atoms with Gasteiger partial charge in [0.2, 0.25) is 17.7 Å². The number of nitrogens with one attached hydrogen (secondary N) is 2. The fraction of sp³-hybridized carbons (Fsp3) is 0.355. The molecule has 1 heterocycles. The number of hydrogen-bond acceptors (Lipinski definition) is 5. The third-order valence-electron chi connectivity index (χ3n) is 6.98. The number of amides is 3. The molecule has 0 radical (unpaired) electrons. The maximum absolute atomic E-state index is 14.0. The average molecular weight is 563 g/mol. The van der Waals surface area contributed by atoms with Crippen molar-refractivity contribution in [1.29, 1.82) is 0 Å². The van der Waals surface area contributed by atoms with Gasteiger partial charge in [-0.05, 0) is 61.2 Å². The number of carbonyl (C=O) groups is 3. The van der Waals surface area contributed by atoms with E-state index in [0.29, 0.717) is 34.3 Å². The summed E-state index contributed by atoms with van der Waals surface area (Å²) in [6.45, 7) is 0. The zero-order valence-electron chi connectivity index (χ0n) is 22.6. The third-order valence-corrected chi connectivity index (χ3v) is 7.24. The molecule has 1 aromatic heterocycles. The molecule has 0 bridgehead atoms. The van der Waals surface area contributed by atoms with E-state index in [1.165, 1.54) is 12.0 Å². The predicted octanol–water partition coefficient (Wildman–Crippen LogP) is 6.08. The van der Waals surface area contributed by atoms with Crippen LogP contribution in [-0.2, 0) is 14.4 Å². The number of rotatable bonds is 11. The molecule has 1 atom stereocenters. The number of methoxy groups -OCH3 is 1. The highest BCUT2D eigenvalue weighted by Crippen LogP contribution is 2.36.